The largest absolute Gasteiger partial charge is 0.300 e. The molecule has 104 valence electrons. The van der Waals surface area contributed by atoms with Crippen LogP contribution >= 0.6 is 11.8 Å². The predicted molar refractivity (Wildman–Crippen MR) is 86.2 cm³/mol. The normalized spacial score (nSPS) is 22.1. The summed E-state index contributed by atoms with van der Waals surface area (Å²) in [5, 5.41) is 2.98. The molecule has 2 heteroatoms. The van der Waals surface area contributed by atoms with E-state index in [1.54, 1.807) is 0 Å². The average molecular weight is 284 g/mol. The predicted octanol–water partition coefficient (Wildman–Crippen LogP) is 5.08. The summed E-state index contributed by atoms with van der Waals surface area (Å²) in [6.07, 6.45) is 2.58. The maximum absolute atomic E-state index is 11.9. The molecule has 0 N–H and O–H groups in total. The van der Waals surface area contributed by atoms with Gasteiger partial charge in [0.15, 0.2) is 0 Å². The molecule has 2 aromatic carbocycles. The first kappa shape index (κ1) is 13.7. The lowest BCUT2D eigenvalue weighted by atomic mass is 9.77. The molecule has 1 atom stereocenters. The highest BCUT2D eigenvalue weighted by atomic mass is 32.2. The van der Waals surface area contributed by atoms with Crippen molar-refractivity contribution in [2.75, 3.05) is 0 Å². The van der Waals surface area contributed by atoms with Crippen LogP contribution in [-0.2, 0) is 4.79 Å². The second kappa shape index (κ2) is 5.25. The summed E-state index contributed by atoms with van der Waals surface area (Å²) >= 11 is 1.86. The second-order valence-corrected chi connectivity index (χ2v) is 7.91. The summed E-state index contributed by atoms with van der Waals surface area (Å²) in [6, 6.07) is 15.0. The van der Waals surface area contributed by atoms with Crippen LogP contribution in [0.15, 0.2) is 47.4 Å². The molecule has 0 bridgehead atoms. The maximum atomic E-state index is 11.9. The van der Waals surface area contributed by atoms with E-state index in [4.69, 9.17) is 0 Å². The molecule has 3 rings (SSSR count). The van der Waals surface area contributed by atoms with Crippen LogP contribution in [0.5, 0.6) is 0 Å². The van der Waals surface area contributed by atoms with Gasteiger partial charge in [0, 0.05) is 23.0 Å². The van der Waals surface area contributed by atoms with Crippen molar-refractivity contribution in [3.63, 3.8) is 0 Å². The van der Waals surface area contributed by atoms with Gasteiger partial charge in [-0.2, -0.15) is 0 Å². The molecule has 0 aliphatic heterocycles. The zero-order valence-corrected chi connectivity index (χ0v) is 12.9. The van der Waals surface area contributed by atoms with Gasteiger partial charge in [0.2, 0.25) is 0 Å². The lowest BCUT2D eigenvalue weighted by Gasteiger charge is -2.33. The highest BCUT2D eigenvalue weighted by Crippen LogP contribution is 2.41. The fraction of sp³-hybridized carbons (Fsp3) is 0.389. The molecule has 0 heterocycles. The van der Waals surface area contributed by atoms with Crippen LogP contribution in [0.25, 0.3) is 10.8 Å². The first-order chi connectivity index (χ1) is 9.52. The summed E-state index contributed by atoms with van der Waals surface area (Å²) in [4.78, 5) is 13.2. The van der Waals surface area contributed by atoms with Crippen LogP contribution in [0.1, 0.15) is 33.1 Å². The van der Waals surface area contributed by atoms with E-state index in [9.17, 15) is 4.79 Å². The number of thioether (sulfide) groups is 1. The van der Waals surface area contributed by atoms with Crippen molar-refractivity contribution >= 4 is 28.3 Å². The quantitative estimate of drug-likeness (QED) is 0.765. The van der Waals surface area contributed by atoms with Crippen molar-refractivity contribution in [2.24, 2.45) is 5.41 Å². The first-order valence-corrected chi connectivity index (χ1v) is 8.07. The second-order valence-electron chi connectivity index (χ2n) is 6.54. The zero-order valence-electron chi connectivity index (χ0n) is 12.1. The van der Waals surface area contributed by atoms with Gasteiger partial charge in [0.05, 0.1) is 0 Å². The van der Waals surface area contributed by atoms with Gasteiger partial charge in [0.1, 0.15) is 5.78 Å². The molecule has 0 radical (unpaired) electrons. The van der Waals surface area contributed by atoms with Gasteiger partial charge in [0.25, 0.3) is 0 Å². The van der Waals surface area contributed by atoms with Crippen molar-refractivity contribution < 1.29 is 4.79 Å². The monoisotopic (exact) mass is 284 g/mol. The van der Waals surface area contributed by atoms with E-state index in [0.717, 1.165) is 19.3 Å². The molecule has 2 aromatic rings. The van der Waals surface area contributed by atoms with Crippen LogP contribution < -0.4 is 0 Å². The smallest absolute Gasteiger partial charge is 0.134 e. The van der Waals surface area contributed by atoms with Crippen LogP contribution in [0, 0.1) is 5.41 Å². The van der Waals surface area contributed by atoms with Gasteiger partial charge in [-0.1, -0.05) is 44.2 Å². The number of hydrogen-bond acceptors (Lipinski definition) is 2. The number of benzene rings is 2. The molecule has 0 spiro atoms. The molecule has 1 nitrogen and oxygen atoms in total. The fourth-order valence-electron chi connectivity index (χ4n) is 3.14. The van der Waals surface area contributed by atoms with Crippen molar-refractivity contribution in [1.82, 2.24) is 0 Å². The first-order valence-electron chi connectivity index (χ1n) is 7.19. The third-order valence-corrected chi connectivity index (χ3v) is 5.13. The molecule has 1 fully saturated rings. The lowest BCUT2D eigenvalue weighted by molar-refractivity contribution is -0.122. The summed E-state index contributed by atoms with van der Waals surface area (Å²) in [5.41, 5.74) is 0.157. The minimum atomic E-state index is 0.157. The topological polar surface area (TPSA) is 17.1 Å². The van der Waals surface area contributed by atoms with E-state index in [-0.39, 0.29) is 5.41 Å². The Morgan fingerprint density at radius 1 is 1.10 bits per heavy atom. The van der Waals surface area contributed by atoms with Crippen LogP contribution in [0.2, 0.25) is 0 Å². The molecule has 0 amide bonds. The molecule has 0 unspecified atom stereocenters. The van der Waals surface area contributed by atoms with E-state index in [2.05, 4.69) is 56.3 Å². The third-order valence-electron chi connectivity index (χ3n) is 3.94. The van der Waals surface area contributed by atoms with E-state index >= 15 is 0 Å². The van der Waals surface area contributed by atoms with Gasteiger partial charge >= 0.3 is 0 Å². The van der Waals surface area contributed by atoms with Gasteiger partial charge in [-0.25, -0.2) is 0 Å². The number of carbonyl (C=O) groups is 1. The summed E-state index contributed by atoms with van der Waals surface area (Å²) in [5.74, 6) is 0.416. The third kappa shape index (κ3) is 3.06. The van der Waals surface area contributed by atoms with Gasteiger partial charge in [-0.3, -0.25) is 4.79 Å². The summed E-state index contributed by atoms with van der Waals surface area (Å²) in [7, 11) is 0. The van der Waals surface area contributed by atoms with Crippen molar-refractivity contribution in [2.45, 2.75) is 43.3 Å². The van der Waals surface area contributed by atoms with Crippen LogP contribution in [0.3, 0.4) is 0 Å². The Morgan fingerprint density at radius 2 is 1.85 bits per heavy atom. The fourth-order valence-corrected chi connectivity index (χ4v) is 4.67. The van der Waals surface area contributed by atoms with Gasteiger partial charge < -0.3 is 0 Å². The number of rotatable bonds is 2. The average Bonchev–Trinajstić information content (AvgIpc) is 2.36. The van der Waals surface area contributed by atoms with Crippen LogP contribution in [0.4, 0.5) is 0 Å². The molecular formula is C18H20OS. The number of Topliss-reactive ketones (excluding diaryl/α,β-unsaturated/α-hetero) is 1. The zero-order chi connectivity index (χ0) is 14.2. The molecular weight excluding hydrogens is 264 g/mol. The number of ketones is 1. The Kier molecular flexibility index (Phi) is 3.59. The minimum absolute atomic E-state index is 0.157. The van der Waals surface area contributed by atoms with Gasteiger partial charge in [-0.15, -0.1) is 11.8 Å². The molecule has 20 heavy (non-hydrogen) atoms. The van der Waals surface area contributed by atoms with E-state index in [0.29, 0.717) is 11.0 Å². The van der Waals surface area contributed by atoms with Crippen LogP contribution in [-0.4, -0.2) is 11.0 Å². The summed E-state index contributed by atoms with van der Waals surface area (Å²) in [6.45, 7) is 4.41. The van der Waals surface area contributed by atoms with E-state index in [1.807, 2.05) is 11.8 Å². The SMILES string of the molecule is CC1(C)CC(=O)C[C@@H](Sc2ccc3ccccc3c2)C1. The van der Waals surface area contributed by atoms with Crippen molar-refractivity contribution in [3.8, 4) is 0 Å². The highest BCUT2D eigenvalue weighted by Gasteiger charge is 2.33. The Hall–Kier alpha value is -1.28. The molecule has 1 aliphatic rings. The molecule has 1 aliphatic carbocycles. The molecule has 0 saturated heterocycles. The molecule has 1 saturated carbocycles. The lowest BCUT2D eigenvalue weighted by Crippen LogP contribution is -2.30. The Morgan fingerprint density at radius 3 is 2.60 bits per heavy atom. The minimum Gasteiger partial charge on any atom is -0.300 e. The maximum Gasteiger partial charge on any atom is 0.134 e. The standard InChI is InChI=1S/C18H20OS/c1-18(2)11-15(19)10-17(12-18)20-16-8-7-13-5-3-4-6-14(13)9-16/h3-9,17H,10-12H2,1-2H3/t17-/m1/s1. The Labute approximate surface area is 124 Å². The number of carbonyl (C=O) groups excluding carboxylic acids is 1. The Bertz CT molecular complexity index is 645. The number of fused-ring (bicyclic) bond motifs is 1. The highest BCUT2D eigenvalue weighted by molar-refractivity contribution is 8.00. The van der Waals surface area contributed by atoms with E-state index < -0.39 is 0 Å². The molecule has 0 aromatic heterocycles. The summed E-state index contributed by atoms with van der Waals surface area (Å²) < 4.78 is 0. The van der Waals surface area contributed by atoms with Crippen molar-refractivity contribution in [3.05, 3.63) is 42.5 Å². The van der Waals surface area contributed by atoms with Gasteiger partial charge in [-0.05, 0) is 34.7 Å². The van der Waals surface area contributed by atoms with E-state index in [1.165, 1.54) is 15.7 Å². The Balaban J connectivity index is 1.80. The number of hydrogen-bond donors (Lipinski definition) is 0. The van der Waals surface area contributed by atoms with Crippen molar-refractivity contribution in [1.29, 1.82) is 0 Å².